The van der Waals surface area contributed by atoms with E-state index < -0.39 is 0 Å². The van der Waals surface area contributed by atoms with Crippen LogP contribution in [-0.4, -0.2) is 11.5 Å². The zero-order valence-electron chi connectivity index (χ0n) is 9.37. The van der Waals surface area contributed by atoms with E-state index in [4.69, 9.17) is 0 Å². The van der Waals surface area contributed by atoms with Crippen molar-refractivity contribution < 1.29 is 4.92 Å². The van der Waals surface area contributed by atoms with Gasteiger partial charge in [0.1, 0.15) is 0 Å². The molecule has 4 aliphatic rings. The average molecular weight is 209 g/mol. The molecular formula is C12H19NO2. The van der Waals surface area contributed by atoms with Gasteiger partial charge in [-0.05, 0) is 55.8 Å². The molecule has 0 radical (unpaired) electrons. The van der Waals surface area contributed by atoms with Crippen LogP contribution >= 0.6 is 0 Å². The van der Waals surface area contributed by atoms with Crippen molar-refractivity contribution in [3.63, 3.8) is 0 Å². The average Bonchev–Trinajstić information content (AvgIpc) is 1.94. The summed E-state index contributed by atoms with van der Waals surface area (Å²) in [5.74, 6) is 1.60. The molecule has 4 fully saturated rings. The Morgan fingerprint density at radius 3 is 2.33 bits per heavy atom. The van der Waals surface area contributed by atoms with Gasteiger partial charge in [0.2, 0.25) is 6.54 Å². The van der Waals surface area contributed by atoms with Crippen molar-refractivity contribution in [3.8, 4) is 0 Å². The van der Waals surface area contributed by atoms with Gasteiger partial charge >= 0.3 is 0 Å². The molecule has 0 saturated heterocycles. The van der Waals surface area contributed by atoms with Crippen molar-refractivity contribution in [2.45, 2.75) is 45.4 Å². The van der Waals surface area contributed by atoms with E-state index in [9.17, 15) is 10.1 Å². The maximum atomic E-state index is 10.8. The highest BCUT2D eigenvalue weighted by atomic mass is 16.6. The first-order valence-electron chi connectivity index (χ1n) is 6.11. The van der Waals surface area contributed by atoms with Gasteiger partial charge in [0.25, 0.3) is 0 Å². The summed E-state index contributed by atoms with van der Waals surface area (Å²) in [4.78, 5) is 10.7. The zero-order valence-corrected chi connectivity index (χ0v) is 9.37. The van der Waals surface area contributed by atoms with Crippen LogP contribution in [-0.2, 0) is 0 Å². The van der Waals surface area contributed by atoms with E-state index in [1.165, 1.54) is 19.3 Å². The first-order valence-corrected chi connectivity index (χ1v) is 6.11. The van der Waals surface area contributed by atoms with Gasteiger partial charge in [-0.15, -0.1) is 0 Å². The highest BCUT2D eigenvalue weighted by molar-refractivity contribution is 5.05. The van der Waals surface area contributed by atoms with Crippen molar-refractivity contribution in [2.24, 2.45) is 22.7 Å². The molecule has 15 heavy (non-hydrogen) atoms. The lowest BCUT2D eigenvalue weighted by Gasteiger charge is -2.59. The van der Waals surface area contributed by atoms with Crippen molar-refractivity contribution in [1.82, 2.24) is 0 Å². The van der Waals surface area contributed by atoms with Crippen LogP contribution < -0.4 is 0 Å². The molecule has 0 aromatic heterocycles. The summed E-state index contributed by atoms with van der Waals surface area (Å²) in [6.45, 7) is 2.59. The first kappa shape index (κ1) is 9.61. The summed E-state index contributed by atoms with van der Waals surface area (Å²) in [5, 5.41) is 10.8. The molecule has 3 heteroatoms. The quantitative estimate of drug-likeness (QED) is 0.518. The second-order valence-corrected chi connectivity index (χ2v) is 6.76. The summed E-state index contributed by atoms with van der Waals surface area (Å²) in [6.07, 6.45) is 7.43. The SMILES string of the molecule is CC12CC3CC(C1)CC(C[N+](=O)[O-])(C3)C2. The van der Waals surface area contributed by atoms with E-state index in [2.05, 4.69) is 6.92 Å². The van der Waals surface area contributed by atoms with Gasteiger partial charge in [-0.3, -0.25) is 10.1 Å². The molecule has 0 spiro atoms. The number of nitrogens with zero attached hydrogens (tertiary/aromatic N) is 1. The van der Waals surface area contributed by atoms with E-state index in [1.54, 1.807) is 0 Å². The molecule has 4 aliphatic carbocycles. The van der Waals surface area contributed by atoms with Crippen LogP contribution in [0.2, 0.25) is 0 Å². The first-order chi connectivity index (χ1) is 6.99. The van der Waals surface area contributed by atoms with E-state index >= 15 is 0 Å². The molecule has 0 N–H and O–H groups in total. The van der Waals surface area contributed by atoms with Gasteiger partial charge in [-0.25, -0.2) is 0 Å². The Morgan fingerprint density at radius 2 is 1.87 bits per heavy atom. The lowest BCUT2D eigenvalue weighted by molar-refractivity contribution is -0.504. The second kappa shape index (κ2) is 2.74. The fourth-order valence-electron chi connectivity index (χ4n) is 5.39. The molecule has 2 atom stereocenters. The van der Waals surface area contributed by atoms with Gasteiger partial charge in [-0.2, -0.15) is 0 Å². The standard InChI is InChI=1S/C12H19NO2/c1-11-3-9-2-10(4-11)6-12(5-9,7-11)8-13(14)15/h9-10H,2-8H2,1H3. The van der Waals surface area contributed by atoms with Gasteiger partial charge in [0.15, 0.2) is 0 Å². The highest BCUT2D eigenvalue weighted by Gasteiger charge is 2.57. The number of hydrogen-bond acceptors (Lipinski definition) is 2. The summed E-state index contributed by atoms with van der Waals surface area (Å²) in [5.41, 5.74) is 0.530. The minimum atomic E-state index is -0.0729. The number of hydrogen-bond donors (Lipinski definition) is 0. The molecule has 0 aromatic carbocycles. The molecule has 0 heterocycles. The minimum absolute atomic E-state index is 0.0729. The Kier molecular flexibility index (Phi) is 1.76. The Bertz CT molecular complexity index is 299. The van der Waals surface area contributed by atoms with Crippen molar-refractivity contribution >= 4 is 0 Å². The van der Waals surface area contributed by atoms with Crippen LogP contribution in [0.3, 0.4) is 0 Å². The van der Waals surface area contributed by atoms with Crippen molar-refractivity contribution in [2.75, 3.05) is 6.54 Å². The Balaban J connectivity index is 1.89. The second-order valence-electron chi connectivity index (χ2n) is 6.76. The lowest BCUT2D eigenvalue weighted by atomic mass is 9.45. The molecule has 0 amide bonds. The van der Waals surface area contributed by atoms with Gasteiger partial charge in [0.05, 0.1) is 0 Å². The van der Waals surface area contributed by atoms with Gasteiger partial charge in [-0.1, -0.05) is 6.92 Å². The molecule has 84 valence electrons. The molecule has 4 rings (SSSR count). The third-order valence-corrected chi connectivity index (χ3v) is 4.94. The number of rotatable bonds is 2. The van der Waals surface area contributed by atoms with Crippen molar-refractivity contribution in [3.05, 3.63) is 10.1 Å². The van der Waals surface area contributed by atoms with E-state index in [-0.39, 0.29) is 16.9 Å². The van der Waals surface area contributed by atoms with E-state index in [1.807, 2.05) is 0 Å². The minimum Gasteiger partial charge on any atom is -0.265 e. The maximum Gasteiger partial charge on any atom is 0.209 e. The van der Waals surface area contributed by atoms with Crippen LogP contribution in [0.5, 0.6) is 0 Å². The molecule has 2 unspecified atom stereocenters. The number of nitro groups is 1. The third kappa shape index (κ3) is 1.47. The molecule has 3 nitrogen and oxygen atoms in total. The molecular weight excluding hydrogens is 190 g/mol. The van der Waals surface area contributed by atoms with Crippen LogP contribution in [0, 0.1) is 32.8 Å². The smallest absolute Gasteiger partial charge is 0.209 e. The Labute approximate surface area is 90.4 Å². The van der Waals surface area contributed by atoms with Gasteiger partial charge < -0.3 is 0 Å². The van der Waals surface area contributed by atoms with Gasteiger partial charge in [0, 0.05) is 10.3 Å². The van der Waals surface area contributed by atoms with E-state index in [0.717, 1.165) is 31.1 Å². The fourth-order valence-corrected chi connectivity index (χ4v) is 5.39. The van der Waals surface area contributed by atoms with Crippen LogP contribution in [0.15, 0.2) is 0 Å². The Morgan fingerprint density at radius 1 is 1.27 bits per heavy atom. The van der Waals surface area contributed by atoms with Crippen LogP contribution in [0.1, 0.15) is 45.4 Å². The third-order valence-electron chi connectivity index (χ3n) is 4.94. The predicted molar refractivity (Wildman–Crippen MR) is 57.1 cm³/mol. The predicted octanol–water partition coefficient (Wildman–Crippen LogP) is 2.87. The largest absolute Gasteiger partial charge is 0.265 e. The summed E-state index contributed by atoms with van der Waals surface area (Å²) < 4.78 is 0. The van der Waals surface area contributed by atoms with E-state index in [0.29, 0.717) is 5.41 Å². The topological polar surface area (TPSA) is 43.1 Å². The lowest BCUT2D eigenvalue weighted by Crippen LogP contribution is -2.53. The Hall–Kier alpha value is -0.600. The van der Waals surface area contributed by atoms with Crippen LogP contribution in [0.25, 0.3) is 0 Å². The highest BCUT2D eigenvalue weighted by Crippen LogP contribution is 2.64. The zero-order chi connectivity index (χ0) is 10.7. The molecule has 0 aromatic rings. The summed E-state index contributed by atoms with van der Waals surface area (Å²) in [6, 6.07) is 0. The maximum absolute atomic E-state index is 10.8. The van der Waals surface area contributed by atoms with Crippen LogP contribution in [0.4, 0.5) is 0 Å². The fraction of sp³-hybridized carbons (Fsp3) is 1.00. The molecule has 4 saturated carbocycles. The molecule has 4 bridgehead atoms. The molecule has 0 aliphatic heterocycles. The summed E-state index contributed by atoms with van der Waals surface area (Å²) in [7, 11) is 0. The normalized spacial score (nSPS) is 52.1. The summed E-state index contributed by atoms with van der Waals surface area (Å²) >= 11 is 0. The monoisotopic (exact) mass is 209 g/mol. The van der Waals surface area contributed by atoms with Crippen molar-refractivity contribution in [1.29, 1.82) is 0 Å².